The van der Waals surface area contributed by atoms with Crippen molar-refractivity contribution in [1.29, 1.82) is 0 Å². The average Bonchev–Trinajstić information content (AvgIpc) is 2.46. The van der Waals surface area contributed by atoms with Crippen LogP contribution in [-0.2, 0) is 14.3 Å². The topological polar surface area (TPSA) is 67.9 Å². The lowest BCUT2D eigenvalue weighted by Gasteiger charge is -2.14. The van der Waals surface area contributed by atoms with Gasteiger partial charge in [-0.2, -0.15) is 0 Å². The smallest absolute Gasteiger partial charge is 0.259 e. The van der Waals surface area contributed by atoms with Crippen molar-refractivity contribution in [3.8, 4) is 5.75 Å². The van der Waals surface area contributed by atoms with Crippen LogP contribution in [0.25, 0.3) is 0 Å². The zero-order chi connectivity index (χ0) is 16.7. The molecule has 1 atom stereocenters. The number of benzene rings is 1. The Morgan fingerprint density at radius 2 is 2.05 bits per heavy atom. The Labute approximate surface area is 135 Å². The molecule has 0 radical (unpaired) electrons. The third kappa shape index (κ3) is 5.54. The van der Waals surface area contributed by atoms with E-state index in [4.69, 9.17) is 21.1 Å². The van der Waals surface area contributed by atoms with Gasteiger partial charge in [0, 0.05) is 26.4 Å². The number of hydrogen-bond donors (Lipinski definition) is 1. The molecule has 2 amide bonds. The second-order valence-electron chi connectivity index (χ2n) is 4.81. The average molecular weight is 329 g/mol. The van der Waals surface area contributed by atoms with E-state index < -0.39 is 6.10 Å². The van der Waals surface area contributed by atoms with Gasteiger partial charge in [0.25, 0.3) is 11.8 Å². The van der Waals surface area contributed by atoms with Gasteiger partial charge in [0.1, 0.15) is 11.9 Å². The zero-order valence-corrected chi connectivity index (χ0v) is 13.9. The normalized spacial score (nSPS) is 11.7. The van der Waals surface area contributed by atoms with Gasteiger partial charge in [0.2, 0.25) is 0 Å². The largest absolute Gasteiger partial charge is 0.482 e. The molecule has 0 saturated heterocycles. The number of nitrogens with zero attached hydrogens (tertiary/aromatic N) is 1. The number of hydrogen-bond acceptors (Lipinski definition) is 4. The third-order valence-corrected chi connectivity index (χ3v) is 3.13. The first-order chi connectivity index (χ1) is 10.3. The Kier molecular flexibility index (Phi) is 7.14. The first-order valence-electron chi connectivity index (χ1n) is 6.90. The van der Waals surface area contributed by atoms with Gasteiger partial charge in [0.15, 0.2) is 6.61 Å². The van der Waals surface area contributed by atoms with Crippen LogP contribution in [-0.4, -0.2) is 50.1 Å². The van der Waals surface area contributed by atoms with Gasteiger partial charge in [-0.15, -0.1) is 0 Å². The number of carbonyl (C=O) groups excluding carboxylic acids is 2. The first-order valence-corrected chi connectivity index (χ1v) is 7.28. The highest BCUT2D eigenvalue weighted by molar-refractivity contribution is 6.32. The van der Waals surface area contributed by atoms with Crippen LogP contribution in [0, 0.1) is 0 Å². The predicted octanol–water partition coefficient (Wildman–Crippen LogP) is 2.17. The van der Waals surface area contributed by atoms with E-state index in [0.29, 0.717) is 23.1 Å². The molecule has 22 heavy (non-hydrogen) atoms. The molecule has 1 aromatic carbocycles. The summed E-state index contributed by atoms with van der Waals surface area (Å²) in [5.41, 5.74) is 0.535. The Hall–Kier alpha value is -1.79. The maximum absolute atomic E-state index is 11.8. The van der Waals surface area contributed by atoms with E-state index >= 15 is 0 Å². The van der Waals surface area contributed by atoms with Crippen molar-refractivity contribution in [2.75, 3.05) is 32.6 Å². The molecule has 0 fully saturated rings. The SMILES string of the molecule is CCO[C@@H](C)C(=O)Nc1ccc(OCC(=O)N(C)C)c(Cl)c1. The van der Waals surface area contributed by atoms with Gasteiger partial charge in [-0.05, 0) is 32.0 Å². The fourth-order valence-electron chi connectivity index (χ4n) is 1.53. The van der Waals surface area contributed by atoms with Crippen LogP contribution in [0.1, 0.15) is 13.8 Å². The molecule has 0 saturated carbocycles. The molecule has 7 heteroatoms. The lowest BCUT2D eigenvalue weighted by Crippen LogP contribution is -2.28. The zero-order valence-electron chi connectivity index (χ0n) is 13.2. The number of amides is 2. The lowest BCUT2D eigenvalue weighted by atomic mass is 10.2. The van der Waals surface area contributed by atoms with Crippen molar-refractivity contribution in [2.45, 2.75) is 20.0 Å². The van der Waals surface area contributed by atoms with Gasteiger partial charge in [-0.3, -0.25) is 9.59 Å². The number of likely N-dealkylation sites (N-methyl/N-ethyl adjacent to an activating group) is 1. The standard InChI is InChI=1S/C15H21ClN2O4/c1-5-21-10(2)15(20)17-11-6-7-13(12(16)8-11)22-9-14(19)18(3)4/h6-8,10H,5,9H2,1-4H3,(H,17,20)/t10-/m0/s1. The van der Waals surface area contributed by atoms with Gasteiger partial charge in [-0.25, -0.2) is 0 Å². The summed E-state index contributed by atoms with van der Waals surface area (Å²) in [6.07, 6.45) is -0.544. The van der Waals surface area contributed by atoms with Crippen LogP contribution in [0.15, 0.2) is 18.2 Å². The highest BCUT2D eigenvalue weighted by Gasteiger charge is 2.14. The molecule has 6 nitrogen and oxygen atoms in total. The van der Waals surface area contributed by atoms with Crippen molar-refractivity contribution >= 4 is 29.1 Å². The molecule has 0 bridgehead atoms. The first kappa shape index (κ1) is 18.3. The molecule has 1 aromatic rings. The predicted molar refractivity (Wildman–Crippen MR) is 85.4 cm³/mol. The van der Waals surface area contributed by atoms with Crippen LogP contribution in [0.3, 0.4) is 0 Å². The second-order valence-corrected chi connectivity index (χ2v) is 5.22. The monoisotopic (exact) mass is 328 g/mol. The number of rotatable bonds is 7. The molecular weight excluding hydrogens is 308 g/mol. The van der Waals surface area contributed by atoms with E-state index in [-0.39, 0.29) is 18.4 Å². The van der Waals surface area contributed by atoms with Crippen LogP contribution in [0.5, 0.6) is 5.75 Å². The number of nitrogens with one attached hydrogen (secondary N) is 1. The summed E-state index contributed by atoms with van der Waals surface area (Å²) in [4.78, 5) is 24.7. The van der Waals surface area contributed by atoms with Crippen molar-refractivity contribution < 1.29 is 19.1 Å². The minimum Gasteiger partial charge on any atom is -0.482 e. The molecule has 1 N–H and O–H groups in total. The molecule has 0 unspecified atom stereocenters. The van der Waals surface area contributed by atoms with E-state index in [0.717, 1.165) is 0 Å². The minimum absolute atomic E-state index is 0.0974. The van der Waals surface area contributed by atoms with Crippen molar-refractivity contribution in [3.63, 3.8) is 0 Å². The summed E-state index contributed by atoms with van der Waals surface area (Å²) >= 11 is 6.08. The van der Waals surface area contributed by atoms with Crippen molar-refractivity contribution in [3.05, 3.63) is 23.2 Å². The molecular formula is C15H21ClN2O4. The summed E-state index contributed by atoms with van der Waals surface area (Å²) in [6.45, 7) is 3.86. The third-order valence-electron chi connectivity index (χ3n) is 2.84. The molecule has 122 valence electrons. The Balaban J connectivity index is 2.65. The van der Waals surface area contributed by atoms with Crippen LogP contribution in [0.4, 0.5) is 5.69 Å². The van der Waals surface area contributed by atoms with Gasteiger partial charge < -0.3 is 19.7 Å². The summed E-state index contributed by atoms with van der Waals surface area (Å²) in [7, 11) is 3.29. The van der Waals surface area contributed by atoms with Gasteiger partial charge in [-0.1, -0.05) is 11.6 Å². The number of carbonyl (C=O) groups is 2. The summed E-state index contributed by atoms with van der Waals surface area (Å²) in [5, 5.41) is 3.01. The number of halogens is 1. The van der Waals surface area contributed by atoms with Gasteiger partial charge >= 0.3 is 0 Å². The Bertz CT molecular complexity index is 534. The molecule has 0 aliphatic carbocycles. The highest BCUT2D eigenvalue weighted by atomic mass is 35.5. The van der Waals surface area contributed by atoms with Gasteiger partial charge in [0.05, 0.1) is 5.02 Å². The Morgan fingerprint density at radius 1 is 1.36 bits per heavy atom. The molecule has 0 aliphatic heterocycles. The minimum atomic E-state index is -0.544. The number of anilines is 1. The quantitative estimate of drug-likeness (QED) is 0.833. The van der Waals surface area contributed by atoms with Crippen LogP contribution < -0.4 is 10.1 Å². The molecule has 0 aromatic heterocycles. The number of ether oxygens (including phenoxy) is 2. The van der Waals surface area contributed by atoms with E-state index in [1.54, 1.807) is 39.2 Å². The highest BCUT2D eigenvalue weighted by Crippen LogP contribution is 2.27. The van der Waals surface area contributed by atoms with E-state index in [1.807, 2.05) is 6.92 Å². The lowest BCUT2D eigenvalue weighted by molar-refractivity contribution is -0.130. The van der Waals surface area contributed by atoms with E-state index in [9.17, 15) is 9.59 Å². The molecule has 0 heterocycles. The fourth-order valence-corrected chi connectivity index (χ4v) is 1.77. The molecule has 0 spiro atoms. The van der Waals surface area contributed by atoms with E-state index in [2.05, 4.69) is 5.32 Å². The van der Waals surface area contributed by atoms with Crippen LogP contribution in [0.2, 0.25) is 5.02 Å². The van der Waals surface area contributed by atoms with Crippen molar-refractivity contribution in [2.24, 2.45) is 0 Å². The summed E-state index contributed by atoms with van der Waals surface area (Å²) < 4.78 is 10.6. The summed E-state index contributed by atoms with van der Waals surface area (Å²) in [5.74, 6) is -0.0407. The maximum atomic E-state index is 11.8. The maximum Gasteiger partial charge on any atom is 0.259 e. The fraction of sp³-hybridized carbons (Fsp3) is 0.467. The molecule has 0 aliphatic rings. The van der Waals surface area contributed by atoms with E-state index in [1.165, 1.54) is 4.90 Å². The second kappa shape index (κ2) is 8.60. The van der Waals surface area contributed by atoms with Crippen molar-refractivity contribution in [1.82, 2.24) is 4.90 Å². The summed E-state index contributed by atoms with van der Waals surface area (Å²) in [6, 6.07) is 4.82. The Morgan fingerprint density at radius 3 is 2.59 bits per heavy atom. The van der Waals surface area contributed by atoms with Crippen LogP contribution >= 0.6 is 11.6 Å². The molecule has 1 rings (SSSR count).